The molecule has 0 saturated heterocycles. The minimum absolute atomic E-state index is 0.201. The van der Waals surface area contributed by atoms with Gasteiger partial charge in [-0.25, -0.2) is 4.99 Å². The highest BCUT2D eigenvalue weighted by atomic mass is 35.5. The zero-order valence-electron chi connectivity index (χ0n) is 10.4. The monoisotopic (exact) mass is 274 g/mol. The SMILES string of the molecule is NC(CCl)=Nc1ccccc1OCc1ccccc1. The number of rotatable bonds is 5. The number of nitrogens with two attached hydrogens (primary N) is 1. The summed E-state index contributed by atoms with van der Waals surface area (Å²) in [6, 6.07) is 17.5. The first kappa shape index (κ1) is 13.4. The van der Waals surface area contributed by atoms with E-state index in [1.807, 2.05) is 54.6 Å². The molecular formula is C15H15ClN2O. The fourth-order valence-electron chi connectivity index (χ4n) is 1.59. The number of amidine groups is 1. The molecule has 0 saturated carbocycles. The van der Waals surface area contributed by atoms with Gasteiger partial charge in [0.25, 0.3) is 0 Å². The number of alkyl halides is 1. The van der Waals surface area contributed by atoms with Crippen LogP contribution in [-0.4, -0.2) is 11.7 Å². The highest BCUT2D eigenvalue weighted by Gasteiger charge is 2.03. The molecule has 0 aliphatic heterocycles. The number of aliphatic imine (C=N–C) groups is 1. The highest BCUT2D eigenvalue weighted by Crippen LogP contribution is 2.27. The van der Waals surface area contributed by atoms with E-state index in [4.69, 9.17) is 22.1 Å². The minimum atomic E-state index is 0.201. The summed E-state index contributed by atoms with van der Waals surface area (Å²) in [7, 11) is 0. The number of ether oxygens (including phenoxy) is 1. The molecule has 0 aliphatic rings. The Morgan fingerprint density at radius 3 is 2.47 bits per heavy atom. The average molecular weight is 275 g/mol. The van der Waals surface area contributed by atoms with Crippen molar-refractivity contribution < 1.29 is 4.74 Å². The van der Waals surface area contributed by atoms with E-state index >= 15 is 0 Å². The molecule has 0 bridgehead atoms. The third-order valence-corrected chi connectivity index (χ3v) is 2.78. The quantitative estimate of drug-likeness (QED) is 0.515. The Morgan fingerprint density at radius 2 is 1.74 bits per heavy atom. The van der Waals surface area contributed by atoms with Crippen LogP contribution in [0, 0.1) is 0 Å². The second-order valence-electron chi connectivity index (χ2n) is 3.98. The molecule has 0 aromatic heterocycles. The Bertz CT molecular complexity index is 555. The van der Waals surface area contributed by atoms with Crippen molar-refractivity contribution in [1.82, 2.24) is 0 Å². The summed E-state index contributed by atoms with van der Waals surface area (Å²) in [6.45, 7) is 0.494. The summed E-state index contributed by atoms with van der Waals surface area (Å²) in [4.78, 5) is 4.23. The van der Waals surface area contributed by atoms with Crippen molar-refractivity contribution >= 4 is 23.1 Å². The molecule has 0 fully saturated rings. The van der Waals surface area contributed by atoms with Crippen molar-refractivity contribution in [3.05, 3.63) is 60.2 Å². The Labute approximate surface area is 117 Å². The van der Waals surface area contributed by atoms with Crippen LogP contribution in [-0.2, 0) is 6.61 Å². The lowest BCUT2D eigenvalue weighted by Gasteiger charge is -2.09. The summed E-state index contributed by atoms with van der Waals surface area (Å²) in [5.74, 6) is 1.27. The van der Waals surface area contributed by atoms with Crippen LogP contribution in [0.5, 0.6) is 5.75 Å². The number of para-hydroxylation sites is 2. The minimum Gasteiger partial charge on any atom is -0.487 e. The average Bonchev–Trinajstić information content (AvgIpc) is 2.47. The highest BCUT2D eigenvalue weighted by molar-refractivity contribution is 6.28. The largest absolute Gasteiger partial charge is 0.487 e. The van der Waals surface area contributed by atoms with E-state index in [1.54, 1.807) is 0 Å². The molecule has 0 aliphatic carbocycles. The maximum Gasteiger partial charge on any atom is 0.145 e. The summed E-state index contributed by atoms with van der Waals surface area (Å²) in [5.41, 5.74) is 7.44. The zero-order valence-corrected chi connectivity index (χ0v) is 11.2. The van der Waals surface area contributed by atoms with E-state index in [1.165, 1.54) is 0 Å². The topological polar surface area (TPSA) is 47.6 Å². The Balaban J connectivity index is 2.12. The Morgan fingerprint density at radius 1 is 1.05 bits per heavy atom. The van der Waals surface area contributed by atoms with Crippen LogP contribution in [0.3, 0.4) is 0 Å². The fourth-order valence-corrected chi connectivity index (χ4v) is 1.65. The van der Waals surface area contributed by atoms with Gasteiger partial charge in [-0.2, -0.15) is 0 Å². The molecule has 0 amide bonds. The molecule has 98 valence electrons. The second-order valence-corrected chi connectivity index (χ2v) is 4.25. The first-order valence-corrected chi connectivity index (χ1v) is 6.48. The third kappa shape index (κ3) is 4.00. The van der Waals surface area contributed by atoms with Crippen molar-refractivity contribution in [1.29, 1.82) is 0 Å². The first-order chi connectivity index (χ1) is 9.29. The third-order valence-electron chi connectivity index (χ3n) is 2.50. The number of hydrogen-bond acceptors (Lipinski definition) is 2. The lowest BCUT2D eigenvalue weighted by atomic mass is 10.2. The van der Waals surface area contributed by atoms with Gasteiger partial charge in [0.1, 0.15) is 23.9 Å². The molecule has 19 heavy (non-hydrogen) atoms. The summed E-state index contributed by atoms with van der Waals surface area (Å²) >= 11 is 5.63. The van der Waals surface area contributed by atoms with Crippen molar-refractivity contribution in [2.24, 2.45) is 10.7 Å². The molecule has 0 heterocycles. The Hall–Kier alpha value is -2.00. The van der Waals surface area contributed by atoms with Crippen LogP contribution in [0.2, 0.25) is 0 Å². The molecule has 2 aromatic rings. The van der Waals surface area contributed by atoms with Crippen LogP contribution in [0.25, 0.3) is 0 Å². The number of nitrogens with zero attached hydrogens (tertiary/aromatic N) is 1. The molecule has 0 spiro atoms. The van der Waals surface area contributed by atoms with Crippen LogP contribution in [0.4, 0.5) is 5.69 Å². The van der Waals surface area contributed by atoms with Crippen LogP contribution >= 0.6 is 11.6 Å². The normalized spacial score (nSPS) is 11.3. The van der Waals surface area contributed by atoms with Crippen molar-refractivity contribution in [3.8, 4) is 5.75 Å². The van der Waals surface area contributed by atoms with Gasteiger partial charge >= 0.3 is 0 Å². The van der Waals surface area contributed by atoms with Gasteiger partial charge in [0.05, 0.1) is 5.88 Å². The molecule has 2 N–H and O–H groups in total. The molecule has 0 atom stereocenters. The molecule has 0 unspecified atom stereocenters. The zero-order chi connectivity index (χ0) is 13.5. The second kappa shape index (κ2) is 6.81. The summed E-state index contributed by atoms with van der Waals surface area (Å²) in [5, 5.41) is 0. The van der Waals surface area contributed by atoms with Gasteiger partial charge in [0.2, 0.25) is 0 Å². The summed E-state index contributed by atoms with van der Waals surface area (Å²) < 4.78 is 5.76. The Kier molecular flexibility index (Phi) is 4.81. The molecule has 2 aromatic carbocycles. The van der Waals surface area contributed by atoms with E-state index in [9.17, 15) is 0 Å². The predicted molar refractivity (Wildman–Crippen MR) is 79.2 cm³/mol. The van der Waals surface area contributed by atoms with Gasteiger partial charge in [0, 0.05) is 0 Å². The standard InChI is InChI=1S/C15H15ClN2O/c16-10-15(17)18-13-8-4-5-9-14(13)19-11-12-6-2-1-3-7-12/h1-9H,10-11H2,(H2,17,18). The lowest BCUT2D eigenvalue weighted by molar-refractivity contribution is 0.307. The maximum absolute atomic E-state index is 5.76. The number of hydrogen-bond donors (Lipinski definition) is 1. The number of benzene rings is 2. The van der Waals surface area contributed by atoms with E-state index in [0.717, 1.165) is 5.56 Å². The van der Waals surface area contributed by atoms with Crippen molar-refractivity contribution in [2.45, 2.75) is 6.61 Å². The summed E-state index contributed by atoms with van der Waals surface area (Å²) in [6.07, 6.45) is 0. The van der Waals surface area contributed by atoms with Crippen LogP contribution in [0.1, 0.15) is 5.56 Å². The van der Waals surface area contributed by atoms with E-state index in [0.29, 0.717) is 23.9 Å². The van der Waals surface area contributed by atoms with Gasteiger partial charge in [-0.1, -0.05) is 42.5 Å². The molecule has 2 rings (SSSR count). The van der Waals surface area contributed by atoms with E-state index in [2.05, 4.69) is 4.99 Å². The van der Waals surface area contributed by atoms with E-state index < -0.39 is 0 Å². The van der Waals surface area contributed by atoms with Gasteiger partial charge in [-0.3, -0.25) is 0 Å². The first-order valence-electron chi connectivity index (χ1n) is 5.94. The smallest absolute Gasteiger partial charge is 0.145 e. The van der Waals surface area contributed by atoms with Crippen LogP contribution in [0.15, 0.2) is 59.6 Å². The van der Waals surface area contributed by atoms with Gasteiger partial charge in [-0.05, 0) is 17.7 Å². The maximum atomic E-state index is 5.76. The lowest BCUT2D eigenvalue weighted by Crippen LogP contribution is -2.12. The molecule has 4 heteroatoms. The number of halogens is 1. The van der Waals surface area contributed by atoms with Crippen molar-refractivity contribution in [2.75, 3.05) is 5.88 Å². The molecular weight excluding hydrogens is 260 g/mol. The van der Waals surface area contributed by atoms with Gasteiger partial charge in [0.15, 0.2) is 0 Å². The van der Waals surface area contributed by atoms with Gasteiger partial charge < -0.3 is 10.5 Å². The van der Waals surface area contributed by atoms with E-state index in [-0.39, 0.29) is 5.88 Å². The van der Waals surface area contributed by atoms with Crippen LogP contribution < -0.4 is 10.5 Å². The fraction of sp³-hybridized carbons (Fsp3) is 0.133. The van der Waals surface area contributed by atoms with Crippen molar-refractivity contribution in [3.63, 3.8) is 0 Å². The van der Waals surface area contributed by atoms with Gasteiger partial charge in [-0.15, -0.1) is 11.6 Å². The molecule has 0 radical (unpaired) electrons. The predicted octanol–water partition coefficient (Wildman–Crippen LogP) is 3.49. The molecule has 3 nitrogen and oxygen atoms in total.